The second kappa shape index (κ2) is 7.10. The maximum Gasteiger partial charge on any atom is 0.410 e. The highest BCUT2D eigenvalue weighted by atomic mass is 35.5. The molecule has 0 aliphatic carbocycles. The third-order valence-electron chi connectivity index (χ3n) is 4.46. The van der Waals surface area contributed by atoms with Crippen LogP contribution < -0.4 is 0 Å². The van der Waals surface area contributed by atoms with Crippen molar-refractivity contribution in [1.82, 2.24) is 9.80 Å². The number of rotatable bonds is 2. The predicted octanol–water partition coefficient (Wildman–Crippen LogP) is 3.41. The standard InChI is InChI=1S/C18H26N2O2.ClH/c1-18(2,3)22-17(21)20-12-15-10-19(11-16(15)13-20)9-14-7-5-4-6-8-14;/h4-8,15-16H,9-13H2,1-3H3;1H/t15-,16+;. The van der Waals surface area contributed by atoms with Crippen molar-refractivity contribution in [3.8, 4) is 0 Å². The van der Waals surface area contributed by atoms with Gasteiger partial charge in [-0.3, -0.25) is 4.90 Å². The van der Waals surface area contributed by atoms with Gasteiger partial charge in [-0.15, -0.1) is 12.4 Å². The van der Waals surface area contributed by atoms with Crippen LogP contribution in [0.3, 0.4) is 0 Å². The number of hydrogen-bond acceptors (Lipinski definition) is 3. The van der Waals surface area contributed by atoms with Gasteiger partial charge in [-0.25, -0.2) is 4.79 Å². The van der Waals surface area contributed by atoms with E-state index in [1.165, 1.54) is 5.56 Å². The molecule has 0 N–H and O–H groups in total. The Morgan fingerprint density at radius 1 is 1.09 bits per heavy atom. The maximum atomic E-state index is 12.2. The lowest BCUT2D eigenvalue weighted by Gasteiger charge is -2.26. The molecule has 1 aromatic rings. The summed E-state index contributed by atoms with van der Waals surface area (Å²) < 4.78 is 5.48. The largest absolute Gasteiger partial charge is 0.444 e. The molecule has 2 fully saturated rings. The molecule has 2 aliphatic heterocycles. The van der Waals surface area contributed by atoms with Gasteiger partial charge in [0.1, 0.15) is 5.60 Å². The monoisotopic (exact) mass is 338 g/mol. The second-order valence-electron chi connectivity index (χ2n) is 7.59. The smallest absolute Gasteiger partial charge is 0.410 e. The Kier molecular flexibility index (Phi) is 5.58. The molecule has 5 heteroatoms. The van der Waals surface area contributed by atoms with Crippen molar-refractivity contribution in [3.05, 3.63) is 35.9 Å². The Morgan fingerprint density at radius 2 is 1.65 bits per heavy atom. The zero-order valence-corrected chi connectivity index (χ0v) is 15.0. The lowest BCUT2D eigenvalue weighted by atomic mass is 10.0. The third-order valence-corrected chi connectivity index (χ3v) is 4.46. The topological polar surface area (TPSA) is 32.8 Å². The molecule has 2 saturated heterocycles. The van der Waals surface area contributed by atoms with E-state index in [1.54, 1.807) is 0 Å². The number of benzene rings is 1. The van der Waals surface area contributed by atoms with Crippen LogP contribution in [0.1, 0.15) is 26.3 Å². The molecule has 0 spiro atoms. The molecule has 128 valence electrons. The van der Waals surface area contributed by atoms with Crippen molar-refractivity contribution in [2.45, 2.75) is 32.9 Å². The molecule has 2 aliphatic rings. The van der Waals surface area contributed by atoms with Gasteiger partial charge in [0.15, 0.2) is 0 Å². The summed E-state index contributed by atoms with van der Waals surface area (Å²) in [6, 6.07) is 10.6. The number of hydrogen-bond donors (Lipinski definition) is 0. The summed E-state index contributed by atoms with van der Waals surface area (Å²) in [5.74, 6) is 1.19. The number of fused-ring (bicyclic) bond motifs is 1. The summed E-state index contributed by atoms with van der Waals surface area (Å²) in [6.07, 6.45) is -0.156. The van der Waals surface area contributed by atoms with E-state index in [4.69, 9.17) is 4.74 Å². The molecular formula is C18H27ClN2O2. The summed E-state index contributed by atoms with van der Waals surface area (Å²) in [5.41, 5.74) is 0.959. The third kappa shape index (κ3) is 4.61. The van der Waals surface area contributed by atoms with Crippen LogP contribution in [-0.2, 0) is 11.3 Å². The highest BCUT2D eigenvalue weighted by molar-refractivity contribution is 5.85. The number of carbonyl (C=O) groups is 1. The van der Waals surface area contributed by atoms with Gasteiger partial charge in [0.25, 0.3) is 0 Å². The molecule has 2 atom stereocenters. The maximum absolute atomic E-state index is 12.2. The fourth-order valence-electron chi connectivity index (χ4n) is 3.54. The number of nitrogens with zero attached hydrogens (tertiary/aromatic N) is 2. The van der Waals surface area contributed by atoms with Crippen LogP contribution in [0, 0.1) is 11.8 Å². The van der Waals surface area contributed by atoms with E-state index in [0.29, 0.717) is 11.8 Å². The zero-order chi connectivity index (χ0) is 15.7. The molecule has 0 saturated carbocycles. The Balaban J connectivity index is 0.00000192. The zero-order valence-electron chi connectivity index (χ0n) is 14.2. The van der Waals surface area contributed by atoms with E-state index in [-0.39, 0.29) is 18.5 Å². The first-order valence-corrected chi connectivity index (χ1v) is 8.15. The summed E-state index contributed by atoms with van der Waals surface area (Å²) in [4.78, 5) is 16.6. The number of halogens is 1. The number of carbonyl (C=O) groups excluding carboxylic acids is 1. The Hall–Kier alpha value is -1.26. The minimum Gasteiger partial charge on any atom is -0.444 e. The summed E-state index contributed by atoms with van der Waals surface area (Å²) >= 11 is 0. The lowest BCUT2D eigenvalue weighted by Crippen LogP contribution is -2.37. The van der Waals surface area contributed by atoms with Crippen molar-refractivity contribution in [3.63, 3.8) is 0 Å². The van der Waals surface area contributed by atoms with Gasteiger partial charge >= 0.3 is 6.09 Å². The summed E-state index contributed by atoms with van der Waals surface area (Å²) in [5, 5.41) is 0. The van der Waals surface area contributed by atoms with Gasteiger partial charge < -0.3 is 9.64 Å². The van der Waals surface area contributed by atoms with Crippen molar-refractivity contribution < 1.29 is 9.53 Å². The minimum absolute atomic E-state index is 0. The van der Waals surface area contributed by atoms with Crippen molar-refractivity contribution >= 4 is 18.5 Å². The molecule has 4 nitrogen and oxygen atoms in total. The molecule has 3 rings (SSSR count). The first kappa shape index (κ1) is 18.1. The number of amides is 1. The van der Waals surface area contributed by atoms with E-state index in [0.717, 1.165) is 32.7 Å². The fourth-order valence-corrected chi connectivity index (χ4v) is 3.54. The highest BCUT2D eigenvalue weighted by Gasteiger charge is 2.42. The van der Waals surface area contributed by atoms with Crippen LogP contribution in [-0.4, -0.2) is 47.7 Å². The summed E-state index contributed by atoms with van der Waals surface area (Å²) in [7, 11) is 0. The molecule has 23 heavy (non-hydrogen) atoms. The van der Waals surface area contributed by atoms with E-state index >= 15 is 0 Å². The SMILES string of the molecule is CC(C)(C)OC(=O)N1C[C@H]2CN(Cc3ccccc3)C[C@H]2C1.Cl. The van der Waals surface area contributed by atoms with E-state index in [2.05, 4.69) is 35.2 Å². The van der Waals surface area contributed by atoms with Crippen molar-refractivity contribution in [2.24, 2.45) is 11.8 Å². The highest BCUT2D eigenvalue weighted by Crippen LogP contribution is 2.32. The molecule has 2 heterocycles. The second-order valence-corrected chi connectivity index (χ2v) is 7.59. The van der Waals surface area contributed by atoms with Gasteiger partial charge in [0, 0.05) is 32.7 Å². The molecule has 1 aromatic carbocycles. The van der Waals surface area contributed by atoms with Crippen LogP contribution in [0.4, 0.5) is 4.79 Å². The Labute approximate surface area is 145 Å². The quantitative estimate of drug-likeness (QED) is 0.828. The van der Waals surface area contributed by atoms with Gasteiger partial charge in [0.05, 0.1) is 0 Å². The predicted molar refractivity (Wildman–Crippen MR) is 93.8 cm³/mol. The van der Waals surface area contributed by atoms with Crippen molar-refractivity contribution in [2.75, 3.05) is 26.2 Å². The lowest BCUT2D eigenvalue weighted by molar-refractivity contribution is 0.0274. The molecule has 0 aromatic heterocycles. The minimum atomic E-state index is -0.409. The van der Waals surface area contributed by atoms with Gasteiger partial charge in [-0.05, 0) is 38.2 Å². The van der Waals surface area contributed by atoms with E-state index < -0.39 is 5.60 Å². The Bertz CT molecular complexity index is 516. The number of likely N-dealkylation sites (tertiary alicyclic amines) is 2. The van der Waals surface area contributed by atoms with Crippen LogP contribution in [0.2, 0.25) is 0 Å². The molecular weight excluding hydrogens is 312 g/mol. The van der Waals surface area contributed by atoms with Gasteiger partial charge in [0.2, 0.25) is 0 Å². The van der Waals surface area contributed by atoms with Crippen LogP contribution in [0.15, 0.2) is 30.3 Å². The molecule has 1 amide bonds. The van der Waals surface area contributed by atoms with Gasteiger partial charge in [-0.2, -0.15) is 0 Å². The van der Waals surface area contributed by atoms with Crippen LogP contribution in [0.25, 0.3) is 0 Å². The van der Waals surface area contributed by atoms with Crippen molar-refractivity contribution in [1.29, 1.82) is 0 Å². The van der Waals surface area contributed by atoms with Crippen LogP contribution in [0.5, 0.6) is 0 Å². The first-order valence-electron chi connectivity index (χ1n) is 8.15. The summed E-state index contributed by atoms with van der Waals surface area (Å²) in [6.45, 7) is 10.6. The van der Waals surface area contributed by atoms with E-state index in [9.17, 15) is 4.79 Å². The molecule has 0 unspecified atom stereocenters. The van der Waals surface area contributed by atoms with E-state index in [1.807, 2.05) is 25.7 Å². The fraction of sp³-hybridized carbons (Fsp3) is 0.611. The average molecular weight is 339 g/mol. The Morgan fingerprint density at radius 3 is 2.17 bits per heavy atom. The molecule has 0 bridgehead atoms. The van der Waals surface area contributed by atoms with Crippen LogP contribution >= 0.6 is 12.4 Å². The first-order chi connectivity index (χ1) is 10.4. The normalized spacial score (nSPS) is 24.2. The number of ether oxygens (including phenoxy) is 1. The average Bonchev–Trinajstić information content (AvgIpc) is 2.96. The van der Waals surface area contributed by atoms with Gasteiger partial charge in [-0.1, -0.05) is 30.3 Å². The molecule has 0 radical (unpaired) electrons.